The summed E-state index contributed by atoms with van der Waals surface area (Å²) in [6, 6.07) is 6.55. The fourth-order valence-corrected chi connectivity index (χ4v) is 1.45. The third-order valence-corrected chi connectivity index (χ3v) is 2.25. The summed E-state index contributed by atoms with van der Waals surface area (Å²) in [6.45, 7) is 3.34. The van der Waals surface area contributed by atoms with Crippen LogP contribution in [0.3, 0.4) is 0 Å². The van der Waals surface area contributed by atoms with E-state index in [2.05, 4.69) is 0 Å². The van der Waals surface area contributed by atoms with Gasteiger partial charge in [0.1, 0.15) is 0 Å². The lowest BCUT2D eigenvalue weighted by Gasteiger charge is -2.25. The lowest BCUT2D eigenvalue weighted by Crippen LogP contribution is -2.37. The van der Waals surface area contributed by atoms with Crippen molar-refractivity contribution in [2.24, 2.45) is 0 Å². The van der Waals surface area contributed by atoms with Crippen molar-refractivity contribution >= 4 is 5.69 Å². The monoisotopic (exact) mass is 217 g/mol. The third kappa shape index (κ3) is 2.88. The maximum atomic E-state index is 12.6. The van der Waals surface area contributed by atoms with E-state index in [0.29, 0.717) is 4.90 Å². The van der Waals surface area contributed by atoms with Crippen LogP contribution in [0.15, 0.2) is 24.3 Å². The first-order valence-corrected chi connectivity index (χ1v) is 4.92. The van der Waals surface area contributed by atoms with Gasteiger partial charge in [0.15, 0.2) is 0 Å². The average Bonchev–Trinajstić information content (AvgIpc) is 2.17. The molecule has 0 amide bonds. The second kappa shape index (κ2) is 4.55. The number of anilines is 1. The van der Waals surface area contributed by atoms with E-state index in [0.717, 1.165) is 12.0 Å². The van der Waals surface area contributed by atoms with Crippen LogP contribution in [0, 0.1) is 0 Å². The smallest absolute Gasteiger partial charge is 0.284 e. The molecule has 15 heavy (non-hydrogen) atoms. The Balaban J connectivity index is 3.02. The summed E-state index contributed by atoms with van der Waals surface area (Å²) >= 11 is 0. The number of hydrogen-bond acceptors (Lipinski definition) is 1. The Hall–Kier alpha value is -1.19. The maximum Gasteiger partial charge on any atom is 0.484 e. The molecular formula is C11H14F3N. The quantitative estimate of drug-likeness (QED) is 0.699. The number of alkyl halides is 3. The molecule has 4 heteroatoms. The molecule has 0 radical (unpaired) electrons. The van der Waals surface area contributed by atoms with Gasteiger partial charge in [-0.3, -0.25) is 4.90 Å². The number of aryl methyl sites for hydroxylation is 1. The van der Waals surface area contributed by atoms with E-state index in [1.807, 2.05) is 13.0 Å². The Morgan fingerprint density at radius 1 is 1.20 bits per heavy atom. The van der Waals surface area contributed by atoms with Gasteiger partial charge in [0, 0.05) is 12.2 Å². The first kappa shape index (κ1) is 11.9. The molecule has 0 saturated carbocycles. The molecule has 1 nitrogen and oxygen atoms in total. The van der Waals surface area contributed by atoms with Crippen molar-refractivity contribution in [3.8, 4) is 0 Å². The van der Waals surface area contributed by atoms with Crippen molar-refractivity contribution in [1.29, 1.82) is 0 Å². The van der Waals surface area contributed by atoms with Gasteiger partial charge in [0.05, 0.1) is 0 Å². The van der Waals surface area contributed by atoms with Crippen LogP contribution in [0.5, 0.6) is 0 Å². The topological polar surface area (TPSA) is 3.24 Å². The maximum absolute atomic E-state index is 12.6. The lowest BCUT2D eigenvalue weighted by atomic mass is 10.1. The van der Waals surface area contributed by atoms with Crippen molar-refractivity contribution in [2.45, 2.75) is 26.6 Å². The molecule has 0 aromatic heterocycles. The van der Waals surface area contributed by atoms with Crippen LogP contribution in [-0.4, -0.2) is 12.8 Å². The molecule has 0 atom stereocenters. The van der Waals surface area contributed by atoms with Crippen molar-refractivity contribution in [3.63, 3.8) is 0 Å². The Bertz CT molecular complexity index is 320. The van der Waals surface area contributed by atoms with Gasteiger partial charge in [-0.15, -0.1) is 0 Å². The molecule has 84 valence electrons. The van der Waals surface area contributed by atoms with Crippen LogP contribution in [0.25, 0.3) is 0 Å². The van der Waals surface area contributed by atoms with E-state index >= 15 is 0 Å². The summed E-state index contributed by atoms with van der Waals surface area (Å²) in [7, 11) is 0. The van der Waals surface area contributed by atoms with Crippen LogP contribution in [0.4, 0.5) is 18.9 Å². The fraction of sp³-hybridized carbons (Fsp3) is 0.455. The van der Waals surface area contributed by atoms with E-state index < -0.39 is 6.30 Å². The second-order valence-electron chi connectivity index (χ2n) is 3.24. The van der Waals surface area contributed by atoms with Gasteiger partial charge in [0.2, 0.25) is 0 Å². The molecule has 1 aromatic carbocycles. The fourth-order valence-electron chi connectivity index (χ4n) is 1.45. The summed E-state index contributed by atoms with van der Waals surface area (Å²) in [5.74, 6) is 0. The lowest BCUT2D eigenvalue weighted by molar-refractivity contribution is -0.128. The Kier molecular flexibility index (Phi) is 3.61. The molecule has 1 rings (SSSR count). The van der Waals surface area contributed by atoms with Gasteiger partial charge >= 0.3 is 6.30 Å². The minimum absolute atomic E-state index is 0.0728. The molecule has 0 aliphatic heterocycles. The molecule has 0 aliphatic rings. The van der Waals surface area contributed by atoms with E-state index in [1.54, 1.807) is 12.1 Å². The normalized spacial score (nSPS) is 11.5. The largest absolute Gasteiger partial charge is 0.484 e. The highest BCUT2D eigenvalue weighted by Crippen LogP contribution is 2.28. The number of benzene rings is 1. The molecule has 0 unspecified atom stereocenters. The minimum atomic E-state index is -4.30. The number of nitrogens with zero attached hydrogens (tertiary/aromatic N) is 1. The van der Waals surface area contributed by atoms with E-state index in [4.69, 9.17) is 0 Å². The van der Waals surface area contributed by atoms with Crippen LogP contribution < -0.4 is 4.90 Å². The minimum Gasteiger partial charge on any atom is -0.284 e. The zero-order chi connectivity index (χ0) is 11.5. The second-order valence-corrected chi connectivity index (χ2v) is 3.24. The van der Waals surface area contributed by atoms with Crippen LogP contribution in [0.2, 0.25) is 0 Å². The SMILES string of the molecule is CCc1cccc(N(CC)C(F)(F)F)c1. The predicted octanol–water partition coefficient (Wildman–Crippen LogP) is 3.60. The molecule has 0 bridgehead atoms. The predicted molar refractivity (Wildman–Crippen MR) is 54.9 cm³/mol. The summed E-state index contributed by atoms with van der Waals surface area (Å²) in [6.07, 6.45) is -3.57. The summed E-state index contributed by atoms with van der Waals surface area (Å²) < 4.78 is 37.7. The summed E-state index contributed by atoms with van der Waals surface area (Å²) in [5, 5.41) is 0. The summed E-state index contributed by atoms with van der Waals surface area (Å²) in [4.78, 5) is 0.437. The number of rotatable bonds is 3. The zero-order valence-corrected chi connectivity index (χ0v) is 8.80. The van der Waals surface area contributed by atoms with Crippen molar-refractivity contribution < 1.29 is 13.2 Å². The van der Waals surface area contributed by atoms with Gasteiger partial charge in [-0.05, 0) is 31.0 Å². The zero-order valence-electron chi connectivity index (χ0n) is 8.80. The highest BCUT2D eigenvalue weighted by molar-refractivity contribution is 5.49. The number of halogens is 3. The van der Waals surface area contributed by atoms with Crippen LogP contribution in [-0.2, 0) is 6.42 Å². The Labute approximate surface area is 87.5 Å². The van der Waals surface area contributed by atoms with Crippen LogP contribution in [0.1, 0.15) is 19.4 Å². The molecule has 0 saturated heterocycles. The molecule has 0 aliphatic carbocycles. The molecule has 0 N–H and O–H groups in total. The summed E-state index contributed by atoms with van der Waals surface area (Å²) in [5.41, 5.74) is 1.12. The molecule has 0 heterocycles. The molecule has 1 aromatic rings. The molecular weight excluding hydrogens is 203 g/mol. The molecule has 0 fully saturated rings. The third-order valence-electron chi connectivity index (χ3n) is 2.25. The average molecular weight is 217 g/mol. The first-order chi connectivity index (χ1) is 6.99. The first-order valence-electron chi connectivity index (χ1n) is 4.92. The highest BCUT2D eigenvalue weighted by Gasteiger charge is 2.36. The Morgan fingerprint density at radius 2 is 1.87 bits per heavy atom. The van der Waals surface area contributed by atoms with E-state index in [1.165, 1.54) is 13.0 Å². The van der Waals surface area contributed by atoms with Gasteiger partial charge in [0.25, 0.3) is 0 Å². The standard InChI is InChI=1S/C11H14F3N/c1-3-9-6-5-7-10(8-9)15(4-2)11(12,13)14/h5-8H,3-4H2,1-2H3. The number of hydrogen-bond donors (Lipinski definition) is 0. The molecule has 0 spiro atoms. The van der Waals surface area contributed by atoms with Gasteiger partial charge in [-0.1, -0.05) is 19.1 Å². The van der Waals surface area contributed by atoms with Crippen molar-refractivity contribution in [3.05, 3.63) is 29.8 Å². The van der Waals surface area contributed by atoms with Gasteiger partial charge in [-0.25, -0.2) is 0 Å². The Morgan fingerprint density at radius 3 is 2.33 bits per heavy atom. The van der Waals surface area contributed by atoms with Crippen LogP contribution >= 0.6 is 0 Å². The highest BCUT2D eigenvalue weighted by atomic mass is 19.4. The van der Waals surface area contributed by atoms with Crippen molar-refractivity contribution in [1.82, 2.24) is 0 Å². The van der Waals surface area contributed by atoms with E-state index in [9.17, 15) is 13.2 Å². The van der Waals surface area contributed by atoms with Gasteiger partial charge in [-0.2, -0.15) is 13.2 Å². The van der Waals surface area contributed by atoms with Gasteiger partial charge < -0.3 is 0 Å². The van der Waals surface area contributed by atoms with E-state index in [-0.39, 0.29) is 12.2 Å². The van der Waals surface area contributed by atoms with Crippen molar-refractivity contribution in [2.75, 3.05) is 11.4 Å².